The molecule has 1 saturated heterocycles. The summed E-state index contributed by atoms with van der Waals surface area (Å²) in [4.78, 5) is 18.7. The summed E-state index contributed by atoms with van der Waals surface area (Å²) in [5.41, 5.74) is -0.698. The molecule has 6 nitrogen and oxygen atoms in total. The molecule has 0 spiro atoms. The quantitative estimate of drug-likeness (QED) is 0.795. The van der Waals surface area contributed by atoms with Crippen LogP contribution in [0.25, 0.3) is 0 Å². The second-order valence-corrected chi connectivity index (χ2v) is 7.12. The molecule has 0 bridgehead atoms. The number of nitrogens with one attached hydrogen (secondary N) is 2. The standard InChI is InChI=1S/C18H25N5O/c1-18(13-19,15-5-6-15)22-17(24)12-23-9-7-14(11-23)10-21-16-4-2-3-8-20-16/h2-4,8,14-15H,5-7,9-12H2,1H3,(H,20,21)(H,22,24). The number of pyridine rings is 1. The van der Waals surface area contributed by atoms with Crippen molar-refractivity contribution in [3.05, 3.63) is 24.4 Å². The molecule has 1 amide bonds. The molecule has 2 unspecified atom stereocenters. The van der Waals surface area contributed by atoms with E-state index in [1.54, 1.807) is 6.20 Å². The first-order chi connectivity index (χ1) is 11.6. The van der Waals surface area contributed by atoms with Crippen molar-refractivity contribution in [2.45, 2.75) is 31.7 Å². The first-order valence-corrected chi connectivity index (χ1v) is 8.68. The minimum atomic E-state index is -0.698. The highest BCUT2D eigenvalue weighted by Gasteiger charge is 2.43. The Morgan fingerprint density at radius 3 is 2.96 bits per heavy atom. The SMILES string of the molecule is CC(C#N)(NC(=O)CN1CCC(CNc2ccccn2)C1)C1CC1. The molecular weight excluding hydrogens is 302 g/mol. The average Bonchev–Trinajstić information content (AvgIpc) is 3.36. The Hall–Kier alpha value is -2.13. The van der Waals surface area contributed by atoms with Crippen LogP contribution < -0.4 is 10.6 Å². The topological polar surface area (TPSA) is 81.0 Å². The Kier molecular flexibility index (Phi) is 5.00. The molecule has 1 aromatic heterocycles. The van der Waals surface area contributed by atoms with E-state index < -0.39 is 5.54 Å². The van der Waals surface area contributed by atoms with E-state index in [1.165, 1.54) is 0 Å². The molecule has 2 heterocycles. The van der Waals surface area contributed by atoms with Crippen LogP contribution in [-0.4, -0.2) is 47.5 Å². The molecule has 0 radical (unpaired) electrons. The van der Waals surface area contributed by atoms with Crippen molar-refractivity contribution < 1.29 is 4.79 Å². The zero-order chi connectivity index (χ0) is 17.0. The van der Waals surface area contributed by atoms with Gasteiger partial charge in [-0.25, -0.2) is 4.98 Å². The molecular formula is C18H25N5O. The van der Waals surface area contributed by atoms with Gasteiger partial charge in [0.15, 0.2) is 0 Å². The molecule has 6 heteroatoms. The molecule has 128 valence electrons. The van der Waals surface area contributed by atoms with E-state index in [1.807, 2.05) is 25.1 Å². The van der Waals surface area contributed by atoms with E-state index in [0.29, 0.717) is 18.4 Å². The molecule has 3 rings (SSSR count). The van der Waals surface area contributed by atoms with Crippen molar-refractivity contribution >= 4 is 11.7 Å². The summed E-state index contributed by atoms with van der Waals surface area (Å²) in [6.07, 6.45) is 4.93. The van der Waals surface area contributed by atoms with E-state index in [4.69, 9.17) is 0 Å². The molecule has 2 N–H and O–H groups in total. The average molecular weight is 327 g/mol. The van der Waals surface area contributed by atoms with Crippen LogP contribution in [0.1, 0.15) is 26.2 Å². The van der Waals surface area contributed by atoms with E-state index in [9.17, 15) is 10.1 Å². The van der Waals surface area contributed by atoms with Gasteiger partial charge >= 0.3 is 0 Å². The van der Waals surface area contributed by atoms with Crippen LogP contribution in [0.3, 0.4) is 0 Å². The summed E-state index contributed by atoms with van der Waals surface area (Å²) >= 11 is 0. The smallest absolute Gasteiger partial charge is 0.235 e. The number of aromatic nitrogens is 1. The van der Waals surface area contributed by atoms with Crippen LogP contribution in [0.2, 0.25) is 0 Å². The highest BCUT2D eigenvalue weighted by molar-refractivity contribution is 5.79. The van der Waals surface area contributed by atoms with Crippen molar-refractivity contribution in [3.8, 4) is 6.07 Å². The third-order valence-electron chi connectivity index (χ3n) is 5.00. The van der Waals surface area contributed by atoms with Crippen LogP contribution in [0.5, 0.6) is 0 Å². The van der Waals surface area contributed by atoms with Gasteiger partial charge < -0.3 is 10.6 Å². The van der Waals surface area contributed by atoms with E-state index >= 15 is 0 Å². The first kappa shape index (κ1) is 16.7. The van der Waals surface area contributed by atoms with Gasteiger partial charge in [-0.15, -0.1) is 0 Å². The molecule has 24 heavy (non-hydrogen) atoms. The molecule has 1 aliphatic heterocycles. The van der Waals surface area contributed by atoms with Crippen molar-refractivity contribution in [1.29, 1.82) is 5.26 Å². The lowest BCUT2D eigenvalue weighted by molar-refractivity contribution is -0.123. The van der Waals surface area contributed by atoms with Crippen LogP contribution >= 0.6 is 0 Å². The number of likely N-dealkylation sites (tertiary alicyclic amines) is 1. The third kappa shape index (κ3) is 4.24. The van der Waals surface area contributed by atoms with Crippen molar-refractivity contribution in [1.82, 2.24) is 15.2 Å². The fourth-order valence-corrected chi connectivity index (χ4v) is 3.35. The van der Waals surface area contributed by atoms with Gasteiger partial charge in [-0.2, -0.15) is 5.26 Å². The summed E-state index contributed by atoms with van der Waals surface area (Å²) in [5.74, 6) is 1.69. The zero-order valence-corrected chi connectivity index (χ0v) is 14.2. The molecule has 2 aliphatic rings. The summed E-state index contributed by atoms with van der Waals surface area (Å²) in [6.45, 7) is 4.91. The second-order valence-electron chi connectivity index (χ2n) is 7.12. The van der Waals surface area contributed by atoms with Gasteiger partial charge in [-0.3, -0.25) is 9.69 Å². The number of hydrogen-bond acceptors (Lipinski definition) is 5. The van der Waals surface area contributed by atoms with Gasteiger partial charge in [0.1, 0.15) is 11.4 Å². The molecule has 1 aromatic rings. The number of amides is 1. The van der Waals surface area contributed by atoms with E-state index in [-0.39, 0.29) is 5.91 Å². The van der Waals surface area contributed by atoms with Gasteiger partial charge in [0.2, 0.25) is 5.91 Å². The number of nitrogens with zero attached hydrogens (tertiary/aromatic N) is 3. The number of nitriles is 1. The highest BCUT2D eigenvalue weighted by atomic mass is 16.2. The van der Waals surface area contributed by atoms with Gasteiger partial charge in [-0.1, -0.05) is 6.07 Å². The lowest BCUT2D eigenvalue weighted by Gasteiger charge is -2.24. The summed E-state index contributed by atoms with van der Waals surface area (Å²) in [6, 6.07) is 8.10. The molecule has 1 saturated carbocycles. The van der Waals surface area contributed by atoms with Gasteiger partial charge in [-0.05, 0) is 56.7 Å². The molecule has 2 fully saturated rings. The Labute approximate surface area is 143 Å². The van der Waals surface area contributed by atoms with Gasteiger partial charge in [0.05, 0.1) is 12.6 Å². The minimum absolute atomic E-state index is 0.0377. The Morgan fingerprint density at radius 1 is 1.46 bits per heavy atom. The number of anilines is 1. The second kappa shape index (κ2) is 7.18. The number of rotatable bonds is 7. The number of carbonyl (C=O) groups excluding carboxylic acids is 1. The van der Waals surface area contributed by atoms with Gasteiger partial charge in [0.25, 0.3) is 0 Å². The first-order valence-electron chi connectivity index (χ1n) is 8.68. The summed E-state index contributed by atoms with van der Waals surface area (Å²) < 4.78 is 0. The predicted molar refractivity (Wildman–Crippen MR) is 92.2 cm³/mol. The maximum absolute atomic E-state index is 12.3. The van der Waals surface area contributed by atoms with Crippen LogP contribution in [-0.2, 0) is 4.79 Å². The Bertz CT molecular complexity index is 610. The lowest BCUT2D eigenvalue weighted by atomic mass is 9.98. The normalized spacial score (nSPS) is 23.2. The summed E-state index contributed by atoms with van der Waals surface area (Å²) in [7, 11) is 0. The maximum atomic E-state index is 12.3. The molecule has 2 atom stereocenters. The third-order valence-corrected chi connectivity index (χ3v) is 5.00. The fraction of sp³-hybridized carbons (Fsp3) is 0.611. The highest BCUT2D eigenvalue weighted by Crippen LogP contribution is 2.39. The number of hydrogen-bond donors (Lipinski definition) is 2. The largest absolute Gasteiger partial charge is 0.370 e. The predicted octanol–water partition coefficient (Wildman–Crippen LogP) is 1.62. The van der Waals surface area contributed by atoms with Gasteiger partial charge in [0, 0.05) is 19.3 Å². The number of carbonyl (C=O) groups is 1. The summed E-state index contributed by atoms with van der Waals surface area (Å²) in [5, 5.41) is 15.6. The van der Waals surface area contributed by atoms with E-state index in [2.05, 4.69) is 26.6 Å². The van der Waals surface area contributed by atoms with Crippen LogP contribution in [0, 0.1) is 23.2 Å². The van der Waals surface area contributed by atoms with Crippen LogP contribution in [0.15, 0.2) is 24.4 Å². The molecule has 0 aromatic carbocycles. The van der Waals surface area contributed by atoms with Crippen molar-refractivity contribution in [3.63, 3.8) is 0 Å². The monoisotopic (exact) mass is 327 g/mol. The minimum Gasteiger partial charge on any atom is -0.370 e. The maximum Gasteiger partial charge on any atom is 0.235 e. The van der Waals surface area contributed by atoms with Crippen molar-refractivity contribution in [2.24, 2.45) is 11.8 Å². The Morgan fingerprint density at radius 2 is 2.29 bits per heavy atom. The van der Waals surface area contributed by atoms with E-state index in [0.717, 1.165) is 44.7 Å². The molecule has 1 aliphatic carbocycles. The zero-order valence-electron chi connectivity index (χ0n) is 14.2. The lowest BCUT2D eigenvalue weighted by Crippen LogP contribution is -2.50. The van der Waals surface area contributed by atoms with Crippen molar-refractivity contribution in [2.75, 3.05) is 31.5 Å². The Balaban J connectivity index is 1.41. The van der Waals surface area contributed by atoms with Crippen LogP contribution in [0.4, 0.5) is 5.82 Å². The fourth-order valence-electron chi connectivity index (χ4n) is 3.35.